The summed E-state index contributed by atoms with van der Waals surface area (Å²) in [5.41, 5.74) is 2.60. The third-order valence-corrected chi connectivity index (χ3v) is 6.89. The molecule has 1 aliphatic rings. The van der Waals surface area contributed by atoms with Gasteiger partial charge in [-0.3, -0.25) is 4.79 Å². The predicted octanol–water partition coefficient (Wildman–Crippen LogP) is 3.63. The third-order valence-electron chi connectivity index (χ3n) is 6.89. The van der Waals surface area contributed by atoms with Gasteiger partial charge in [0.05, 0.1) is 24.7 Å². The lowest BCUT2D eigenvalue weighted by Gasteiger charge is -2.38. The molecule has 198 valence electrons. The molecule has 2 aromatic heterocycles. The summed E-state index contributed by atoms with van der Waals surface area (Å²) >= 11 is 0. The first-order valence-electron chi connectivity index (χ1n) is 12.4. The van der Waals surface area contributed by atoms with Crippen LogP contribution in [-0.4, -0.2) is 58.5 Å². The summed E-state index contributed by atoms with van der Waals surface area (Å²) < 4.78 is 26.5. The minimum Gasteiger partial charge on any atom is -0.438 e. The molecule has 1 saturated heterocycles. The van der Waals surface area contributed by atoms with Crippen molar-refractivity contribution in [3.8, 4) is 0 Å². The topological polar surface area (TPSA) is 94.7 Å². The van der Waals surface area contributed by atoms with Crippen LogP contribution in [0.2, 0.25) is 0 Å². The van der Waals surface area contributed by atoms with Gasteiger partial charge < -0.3 is 23.8 Å². The molecule has 0 saturated carbocycles. The summed E-state index contributed by atoms with van der Waals surface area (Å²) in [5.74, 6) is 1.03. The van der Waals surface area contributed by atoms with Crippen LogP contribution in [0, 0.1) is 5.82 Å². The number of hydrogen-bond donors (Lipinski definition) is 0. The highest BCUT2D eigenvalue weighted by Gasteiger charge is 2.28. The first-order chi connectivity index (χ1) is 18.4. The number of nitrogens with zero attached hydrogens (tertiary/aromatic N) is 6. The van der Waals surface area contributed by atoms with Crippen molar-refractivity contribution >= 4 is 29.1 Å². The van der Waals surface area contributed by atoms with E-state index in [0.29, 0.717) is 12.5 Å². The minimum atomic E-state index is -0.869. The zero-order valence-corrected chi connectivity index (χ0v) is 21.3. The number of methoxy groups -OCH3 is 1. The Morgan fingerprint density at radius 3 is 2.55 bits per heavy atom. The number of carbonyl (C=O) groups is 1. The number of hydrogen-bond acceptors (Lipinski definition) is 8. The Balaban J connectivity index is 1.34. The Morgan fingerprint density at radius 1 is 1.08 bits per heavy atom. The largest absolute Gasteiger partial charge is 0.509 e. The number of fused-ring (bicyclic) bond motifs is 1. The molecule has 0 radical (unpaired) electrons. The zero-order valence-electron chi connectivity index (χ0n) is 21.3. The van der Waals surface area contributed by atoms with Crippen LogP contribution >= 0.6 is 0 Å². The molecule has 1 fully saturated rings. The Kier molecular flexibility index (Phi) is 7.25. The summed E-state index contributed by atoms with van der Waals surface area (Å²) in [6, 6.07) is 16.0. The second-order valence-electron chi connectivity index (χ2n) is 9.18. The second-order valence-corrected chi connectivity index (χ2v) is 9.18. The summed E-state index contributed by atoms with van der Waals surface area (Å²) in [6.45, 7) is 1.79. The van der Waals surface area contributed by atoms with Gasteiger partial charge in [0.2, 0.25) is 11.9 Å². The van der Waals surface area contributed by atoms with Crippen LogP contribution in [0.1, 0.15) is 18.4 Å². The molecule has 5 rings (SSSR count). The lowest BCUT2D eigenvalue weighted by atomic mass is 10.0. The molecule has 0 spiro atoms. The van der Waals surface area contributed by atoms with Crippen LogP contribution in [0.3, 0.4) is 0 Å². The van der Waals surface area contributed by atoms with Crippen molar-refractivity contribution in [2.45, 2.75) is 32.2 Å². The van der Waals surface area contributed by atoms with Gasteiger partial charge >= 0.3 is 6.16 Å². The quantitative estimate of drug-likeness (QED) is 0.341. The van der Waals surface area contributed by atoms with Crippen LogP contribution < -0.4 is 15.4 Å². The maximum absolute atomic E-state index is 13.5. The van der Waals surface area contributed by atoms with E-state index in [-0.39, 0.29) is 24.1 Å². The van der Waals surface area contributed by atoms with Crippen molar-refractivity contribution in [2.24, 2.45) is 0 Å². The highest BCUT2D eigenvalue weighted by molar-refractivity contribution is 5.79. The fourth-order valence-corrected chi connectivity index (χ4v) is 4.85. The highest BCUT2D eigenvalue weighted by atomic mass is 19.1. The number of piperidine rings is 1. The SMILES string of the molecule is COC(=O)OCn1c(N(C)C2CCN(c3nc4ccccc4n3Cc3ccc(F)cc3)CC2)nccc1=O. The molecule has 0 bridgehead atoms. The van der Waals surface area contributed by atoms with Crippen molar-refractivity contribution in [3.63, 3.8) is 0 Å². The van der Waals surface area contributed by atoms with Crippen molar-refractivity contribution < 1.29 is 18.7 Å². The Morgan fingerprint density at radius 2 is 1.82 bits per heavy atom. The van der Waals surface area contributed by atoms with Crippen LogP contribution in [0.5, 0.6) is 0 Å². The van der Waals surface area contributed by atoms with Crippen LogP contribution in [0.4, 0.5) is 21.1 Å². The van der Waals surface area contributed by atoms with E-state index in [0.717, 1.165) is 48.5 Å². The molecule has 2 aromatic carbocycles. The number of halogens is 1. The molecule has 10 nitrogen and oxygen atoms in total. The van der Waals surface area contributed by atoms with Gasteiger partial charge in [0.25, 0.3) is 5.56 Å². The smallest absolute Gasteiger partial charge is 0.438 e. The number of ether oxygens (including phenoxy) is 2. The van der Waals surface area contributed by atoms with Gasteiger partial charge in [-0.1, -0.05) is 24.3 Å². The number of anilines is 2. The number of aromatic nitrogens is 4. The van der Waals surface area contributed by atoms with Gasteiger partial charge in [-0.2, -0.15) is 0 Å². The molecule has 0 amide bonds. The maximum Gasteiger partial charge on any atom is 0.509 e. The molecule has 3 heterocycles. The predicted molar refractivity (Wildman–Crippen MR) is 141 cm³/mol. The molecule has 38 heavy (non-hydrogen) atoms. The summed E-state index contributed by atoms with van der Waals surface area (Å²) in [7, 11) is 3.10. The average Bonchev–Trinajstić information content (AvgIpc) is 3.31. The normalized spacial score (nSPS) is 14.0. The Labute approximate surface area is 218 Å². The number of carbonyl (C=O) groups excluding carboxylic acids is 1. The molecule has 4 aromatic rings. The first kappa shape index (κ1) is 25.2. The van der Waals surface area contributed by atoms with E-state index in [9.17, 15) is 14.0 Å². The van der Waals surface area contributed by atoms with Crippen molar-refractivity contribution in [1.29, 1.82) is 0 Å². The van der Waals surface area contributed by atoms with Gasteiger partial charge in [0.1, 0.15) is 5.82 Å². The molecule has 1 aliphatic heterocycles. The van der Waals surface area contributed by atoms with Gasteiger partial charge in [0, 0.05) is 38.4 Å². The maximum atomic E-state index is 13.5. The number of imidazole rings is 1. The lowest BCUT2D eigenvalue weighted by Crippen LogP contribution is -2.46. The zero-order chi connectivity index (χ0) is 26.6. The number of benzene rings is 2. The minimum absolute atomic E-state index is 0.111. The second kappa shape index (κ2) is 10.9. The van der Waals surface area contributed by atoms with E-state index < -0.39 is 6.16 Å². The van der Waals surface area contributed by atoms with E-state index in [4.69, 9.17) is 9.72 Å². The van der Waals surface area contributed by atoms with Crippen LogP contribution in [0.25, 0.3) is 11.0 Å². The fraction of sp³-hybridized carbons (Fsp3) is 0.333. The van der Waals surface area contributed by atoms with Crippen molar-refractivity contribution in [3.05, 3.63) is 82.5 Å². The molecule has 11 heteroatoms. The monoisotopic (exact) mass is 520 g/mol. The number of para-hydroxylation sites is 2. The highest BCUT2D eigenvalue weighted by Crippen LogP contribution is 2.28. The molecular weight excluding hydrogens is 491 g/mol. The van der Waals surface area contributed by atoms with E-state index in [1.807, 2.05) is 36.2 Å². The average molecular weight is 521 g/mol. The Hall–Kier alpha value is -4.41. The van der Waals surface area contributed by atoms with Crippen LogP contribution in [-0.2, 0) is 22.7 Å². The number of rotatable bonds is 7. The third kappa shape index (κ3) is 5.17. The van der Waals surface area contributed by atoms with E-state index in [1.165, 1.54) is 36.1 Å². The van der Waals surface area contributed by atoms with Crippen molar-refractivity contribution in [1.82, 2.24) is 19.1 Å². The molecule has 0 aliphatic carbocycles. The van der Waals surface area contributed by atoms with Gasteiger partial charge in [0.15, 0.2) is 6.73 Å². The lowest BCUT2D eigenvalue weighted by molar-refractivity contribution is 0.0476. The molecular formula is C27H29FN6O4. The standard InChI is InChI=1S/C27H29FN6O4/c1-31(25-29-14-11-24(35)34(25)18-38-27(36)37-2)21-12-15-32(16-13-21)26-30-22-5-3-4-6-23(22)33(26)17-19-7-9-20(28)10-8-19/h3-11,14,21H,12-13,15-18H2,1-2H3. The summed E-state index contributed by atoms with van der Waals surface area (Å²) in [4.78, 5) is 37.5. The van der Waals surface area contributed by atoms with E-state index >= 15 is 0 Å². The Bertz CT molecular complexity index is 1480. The van der Waals surface area contributed by atoms with E-state index in [1.54, 1.807) is 12.1 Å². The van der Waals surface area contributed by atoms with Crippen molar-refractivity contribution in [2.75, 3.05) is 37.0 Å². The fourth-order valence-electron chi connectivity index (χ4n) is 4.85. The summed E-state index contributed by atoms with van der Waals surface area (Å²) in [5, 5.41) is 0. The summed E-state index contributed by atoms with van der Waals surface area (Å²) in [6.07, 6.45) is 2.19. The first-order valence-corrected chi connectivity index (χ1v) is 12.4. The van der Waals surface area contributed by atoms with E-state index in [2.05, 4.69) is 19.2 Å². The molecule has 0 unspecified atom stereocenters. The van der Waals surface area contributed by atoms with Gasteiger partial charge in [-0.05, 0) is 42.7 Å². The molecule has 0 atom stereocenters. The van der Waals surface area contributed by atoms with Gasteiger partial charge in [-0.25, -0.2) is 23.7 Å². The van der Waals surface area contributed by atoms with Gasteiger partial charge in [-0.15, -0.1) is 0 Å². The molecule has 0 N–H and O–H groups in total. The van der Waals surface area contributed by atoms with Crippen LogP contribution in [0.15, 0.2) is 65.6 Å².